The number of carbonyl (C=O) groups excluding carboxylic acids is 3. The number of benzene rings is 1. The van der Waals surface area contributed by atoms with Crippen LogP contribution in [0, 0.1) is 0 Å². The molecule has 1 N–H and O–H groups in total. The number of hydrogen-bond acceptors (Lipinski definition) is 5. The maximum absolute atomic E-state index is 11.5. The molecule has 0 aliphatic rings. The molecule has 18 heavy (non-hydrogen) atoms. The largest absolute Gasteiger partial charge is 0.465 e. The highest BCUT2D eigenvalue weighted by Crippen LogP contribution is 2.23. The lowest BCUT2D eigenvalue weighted by atomic mass is 10.1. The third kappa shape index (κ3) is 3.58. The summed E-state index contributed by atoms with van der Waals surface area (Å²) < 4.78 is 9.44. The predicted molar refractivity (Wildman–Crippen MR) is 63.4 cm³/mol. The van der Waals surface area contributed by atoms with Crippen molar-refractivity contribution in [1.82, 2.24) is 0 Å². The fraction of sp³-hybridized carbons (Fsp3) is 0.250. The fourth-order valence-electron chi connectivity index (χ4n) is 1.33. The average molecular weight is 251 g/mol. The zero-order valence-corrected chi connectivity index (χ0v) is 10.3. The highest BCUT2D eigenvalue weighted by molar-refractivity contribution is 6.01. The summed E-state index contributed by atoms with van der Waals surface area (Å²) in [6.45, 7) is 2.56. The first-order chi connectivity index (χ1) is 8.43. The second-order valence-corrected chi connectivity index (χ2v) is 3.47. The Morgan fingerprint density at radius 2 is 1.83 bits per heavy atom. The van der Waals surface area contributed by atoms with Crippen LogP contribution >= 0.6 is 0 Å². The molecule has 6 nitrogen and oxygen atoms in total. The van der Waals surface area contributed by atoms with Gasteiger partial charge in [-0.1, -0.05) is 0 Å². The minimum atomic E-state index is -0.590. The second kappa shape index (κ2) is 5.81. The van der Waals surface area contributed by atoms with Crippen molar-refractivity contribution in [2.45, 2.75) is 13.8 Å². The lowest BCUT2D eigenvalue weighted by Crippen LogP contribution is -2.12. The molecule has 1 aromatic carbocycles. The van der Waals surface area contributed by atoms with Gasteiger partial charge < -0.3 is 14.8 Å². The van der Waals surface area contributed by atoms with Gasteiger partial charge >= 0.3 is 11.9 Å². The van der Waals surface area contributed by atoms with Gasteiger partial charge in [0, 0.05) is 19.9 Å². The van der Waals surface area contributed by atoms with E-state index in [4.69, 9.17) is 4.74 Å². The normalized spacial score (nSPS) is 9.50. The molecule has 0 radical (unpaired) electrons. The number of esters is 2. The monoisotopic (exact) mass is 251 g/mol. The molecule has 0 bridgehead atoms. The number of anilines is 1. The van der Waals surface area contributed by atoms with E-state index in [0.29, 0.717) is 0 Å². The molecule has 1 rings (SSSR count). The number of amides is 1. The maximum Gasteiger partial charge on any atom is 0.339 e. The highest BCUT2D eigenvalue weighted by atomic mass is 16.5. The summed E-state index contributed by atoms with van der Waals surface area (Å²) in [5.41, 5.74) is 0.414. The Hall–Kier alpha value is -2.37. The molecule has 0 unspecified atom stereocenters. The minimum Gasteiger partial charge on any atom is -0.465 e. The summed E-state index contributed by atoms with van der Waals surface area (Å²) in [4.78, 5) is 33.3. The van der Waals surface area contributed by atoms with Crippen molar-refractivity contribution in [3.63, 3.8) is 0 Å². The lowest BCUT2D eigenvalue weighted by Gasteiger charge is -2.10. The van der Waals surface area contributed by atoms with Crippen molar-refractivity contribution in [2.24, 2.45) is 0 Å². The van der Waals surface area contributed by atoms with Crippen LogP contribution in [0.1, 0.15) is 24.2 Å². The quantitative estimate of drug-likeness (QED) is 0.647. The molecule has 0 aliphatic heterocycles. The first kappa shape index (κ1) is 13.7. The average Bonchev–Trinajstić information content (AvgIpc) is 2.26. The van der Waals surface area contributed by atoms with Gasteiger partial charge in [-0.25, -0.2) is 4.79 Å². The van der Waals surface area contributed by atoms with Crippen molar-refractivity contribution in [3.8, 4) is 5.75 Å². The van der Waals surface area contributed by atoms with Crippen molar-refractivity contribution in [2.75, 3.05) is 12.4 Å². The van der Waals surface area contributed by atoms with Crippen LogP contribution in [0.3, 0.4) is 0 Å². The van der Waals surface area contributed by atoms with Crippen LogP contribution in [-0.4, -0.2) is 25.0 Å². The Morgan fingerprint density at radius 3 is 2.33 bits per heavy atom. The van der Waals surface area contributed by atoms with Gasteiger partial charge in [-0.15, -0.1) is 0 Å². The Kier molecular flexibility index (Phi) is 4.42. The standard InChI is InChI=1S/C12H13NO5/c1-7(14)13-11-6-9(18-8(2)15)4-5-10(11)12(16)17-3/h4-6H,1-3H3,(H,13,14). The van der Waals surface area contributed by atoms with Crippen molar-refractivity contribution < 1.29 is 23.9 Å². The Bertz CT molecular complexity index is 495. The van der Waals surface area contributed by atoms with E-state index in [-0.39, 0.29) is 22.9 Å². The zero-order chi connectivity index (χ0) is 13.7. The summed E-state index contributed by atoms with van der Waals surface area (Å²) >= 11 is 0. The first-order valence-corrected chi connectivity index (χ1v) is 5.12. The predicted octanol–water partition coefficient (Wildman–Crippen LogP) is 1.36. The molecular formula is C12H13NO5. The van der Waals surface area contributed by atoms with Gasteiger partial charge in [0.25, 0.3) is 0 Å². The second-order valence-electron chi connectivity index (χ2n) is 3.47. The molecule has 1 amide bonds. The summed E-state index contributed by atoms with van der Waals surface area (Å²) in [7, 11) is 1.24. The van der Waals surface area contributed by atoms with Gasteiger partial charge in [-0.2, -0.15) is 0 Å². The maximum atomic E-state index is 11.5. The van der Waals surface area contributed by atoms with E-state index in [9.17, 15) is 14.4 Å². The molecule has 6 heteroatoms. The Balaban J connectivity index is 3.15. The van der Waals surface area contributed by atoms with E-state index in [0.717, 1.165) is 0 Å². The topological polar surface area (TPSA) is 81.7 Å². The fourth-order valence-corrected chi connectivity index (χ4v) is 1.33. The van der Waals surface area contributed by atoms with E-state index >= 15 is 0 Å². The molecule has 0 heterocycles. The van der Waals surface area contributed by atoms with Crippen LogP contribution in [0.2, 0.25) is 0 Å². The number of carbonyl (C=O) groups is 3. The number of methoxy groups -OCH3 is 1. The number of rotatable bonds is 3. The van der Waals surface area contributed by atoms with Crippen molar-refractivity contribution >= 4 is 23.5 Å². The highest BCUT2D eigenvalue weighted by Gasteiger charge is 2.14. The molecule has 0 atom stereocenters. The number of ether oxygens (including phenoxy) is 2. The van der Waals surface area contributed by atoms with Gasteiger partial charge in [0.15, 0.2) is 0 Å². The zero-order valence-electron chi connectivity index (χ0n) is 10.3. The van der Waals surface area contributed by atoms with E-state index in [1.165, 1.54) is 39.2 Å². The van der Waals surface area contributed by atoms with Gasteiger partial charge in [-0.05, 0) is 12.1 Å². The van der Waals surface area contributed by atoms with Crippen LogP contribution in [0.5, 0.6) is 5.75 Å². The molecule has 0 aromatic heterocycles. The van der Waals surface area contributed by atoms with E-state index in [2.05, 4.69) is 10.1 Å². The SMILES string of the molecule is COC(=O)c1ccc(OC(C)=O)cc1NC(C)=O. The molecule has 0 saturated carbocycles. The molecule has 96 valence electrons. The van der Waals surface area contributed by atoms with Gasteiger partial charge in [0.1, 0.15) is 5.75 Å². The minimum absolute atomic E-state index is 0.184. The molecule has 0 saturated heterocycles. The third-order valence-electron chi connectivity index (χ3n) is 1.97. The van der Waals surface area contributed by atoms with Gasteiger partial charge in [0.2, 0.25) is 5.91 Å². The summed E-state index contributed by atoms with van der Waals surface area (Å²) in [6, 6.07) is 4.24. The van der Waals surface area contributed by atoms with Crippen LogP contribution in [0.4, 0.5) is 5.69 Å². The summed E-state index contributed by atoms with van der Waals surface area (Å²) in [6.07, 6.45) is 0. The van der Waals surface area contributed by atoms with E-state index < -0.39 is 11.9 Å². The smallest absolute Gasteiger partial charge is 0.339 e. The van der Waals surface area contributed by atoms with Crippen LogP contribution < -0.4 is 10.1 Å². The summed E-state index contributed by atoms with van der Waals surface area (Å²) in [5, 5.41) is 2.47. The van der Waals surface area contributed by atoms with Gasteiger partial charge in [0.05, 0.1) is 18.4 Å². The molecule has 0 spiro atoms. The van der Waals surface area contributed by atoms with Gasteiger partial charge in [-0.3, -0.25) is 9.59 Å². The number of nitrogens with one attached hydrogen (secondary N) is 1. The third-order valence-corrected chi connectivity index (χ3v) is 1.97. The van der Waals surface area contributed by atoms with E-state index in [1.807, 2.05) is 0 Å². The molecule has 1 aromatic rings. The lowest BCUT2D eigenvalue weighted by molar-refractivity contribution is -0.131. The number of hydrogen-bond donors (Lipinski definition) is 1. The van der Waals surface area contributed by atoms with Crippen LogP contribution in [0.25, 0.3) is 0 Å². The summed E-state index contributed by atoms with van der Waals surface area (Å²) in [5.74, 6) is -1.19. The molecule has 0 aliphatic carbocycles. The van der Waals surface area contributed by atoms with E-state index in [1.54, 1.807) is 0 Å². The van der Waals surface area contributed by atoms with Crippen LogP contribution in [0.15, 0.2) is 18.2 Å². The molecular weight excluding hydrogens is 238 g/mol. The van der Waals surface area contributed by atoms with Crippen LogP contribution in [-0.2, 0) is 14.3 Å². The Labute approximate surface area is 104 Å². The van der Waals surface area contributed by atoms with Crippen molar-refractivity contribution in [1.29, 1.82) is 0 Å². The Morgan fingerprint density at radius 1 is 1.17 bits per heavy atom. The van der Waals surface area contributed by atoms with Crippen molar-refractivity contribution in [3.05, 3.63) is 23.8 Å². The molecule has 0 fully saturated rings. The first-order valence-electron chi connectivity index (χ1n) is 5.12.